The summed E-state index contributed by atoms with van der Waals surface area (Å²) in [7, 11) is 0. The smallest absolute Gasteiger partial charge is 0.255 e. The van der Waals surface area contributed by atoms with Crippen LogP contribution in [0.3, 0.4) is 0 Å². The third kappa shape index (κ3) is 4.79. The second kappa shape index (κ2) is 9.44. The molecule has 0 saturated carbocycles. The van der Waals surface area contributed by atoms with E-state index in [1.807, 2.05) is 59.5 Å². The van der Waals surface area contributed by atoms with E-state index in [-0.39, 0.29) is 18.2 Å². The molecule has 0 bridgehead atoms. The Kier molecular flexibility index (Phi) is 6.28. The highest BCUT2D eigenvalue weighted by molar-refractivity contribution is 6.03. The lowest BCUT2D eigenvalue weighted by molar-refractivity contribution is -0.116. The van der Waals surface area contributed by atoms with Crippen molar-refractivity contribution in [3.63, 3.8) is 0 Å². The summed E-state index contributed by atoms with van der Waals surface area (Å²) in [6.07, 6.45) is 4.03. The van der Waals surface area contributed by atoms with Crippen LogP contribution in [0.15, 0.2) is 71.1 Å². The zero-order chi connectivity index (χ0) is 20.8. The molecule has 154 valence electrons. The number of furan rings is 1. The number of benzene rings is 2. The minimum absolute atomic E-state index is 0.0101. The number of nitrogens with zero attached hydrogens (tertiary/aromatic N) is 1. The summed E-state index contributed by atoms with van der Waals surface area (Å²) in [6, 6.07) is 20.9. The lowest BCUT2D eigenvalue weighted by Gasteiger charge is -2.27. The summed E-state index contributed by atoms with van der Waals surface area (Å²) in [6.45, 7) is 1.56. The maximum atomic E-state index is 12.9. The zero-order valence-electron chi connectivity index (χ0n) is 17.0. The number of amides is 2. The van der Waals surface area contributed by atoms with Crippen LogP contribution in [0.1, 0.15) is 41.8 Å². The molecule has 0 radical (unpaired) electrons. The topological polar surface area (TPSA) is 62.6 Å². The molecule has 1 saturated heterocycles. The molecule has 5 heteroatoms. The predicted octanol–water partition coefficient (Wildman–Crippen LogP) is 5.14. The molecule has 1 aliphatic rings. The Hall–Kier alpha value is -3.34. The van der Waals surface area contributed by atoms with Gasteiger partial charge in [-0.15, -0.1) is 0 Å². The van der Waals surface area contributed by atoms with E-state index in [1.54, 1.807) is 12.1 Å². The number of carbonyl (C=O) groups is 2. The van der Waals surface area contributed by atoms with Gasteiger partial charge in [0.25, 0.3) is 5.91 Å². The standard InChI is InChI=1S/C25H26N2O3/c28-24(16-14-20-13-15-23(30-20)19-9-3-1-4-10-19)26-22-12-6-5-11-21(22)25(29)27-17-7-2-8-18-27/h1,3-6,9-13,15H,2,7-8,14,16-18H2,(H,26,28). The average molecular weight is 402 g/mol. The quantitative estimate of drug-likeness (QED) is 0.621. The second-order valence-electron chi connectivity index (χ2n) is 7.58. The van der Waals surface area contributed by atoms with Crippen LogP contribution in [0.25, 0.3) is 11.3 Å². The van der Waals surface area contributed by atoms with E-state index in [0.717, 1.165) is 43.0 Å². The molecule has 2 amide bonds. The molecule has 1 N–H and O–H groups in total. The monoisotopic (exact) mass is 402 g/mol. The van der Waals surface area contributed by atoms with Crippen molar-refractivity contribution in [2.45, 2.75) is 32.1 Å². The summed E-state index contributed by atoms with van der Waals surface area (Å²) in [5.41, 5.74) is 2.14. The van der Waals surface area contributed by atoms with Crippen molar-refractivity contribution < 1.29 is 14.0 Å². The van der Waals surface area contributed by atoms with Crippen molar-refractivity contribution >= 4 is 17.5 Å². The molecule has 4 rings (SSSR count). The minimum atomic E-state index is -0.133. The molecule has 2 heterocycles. The van der Waals surface area contributed by atoms with Crippen LogP contribution in [0.4, 0.5) is 5.69 Å². The first-order chi connectivity index (χ1) is 14.7. The van der Waals surface area contributed by atoms with Crippen molar-refractivity contribution in [1.29, 1.82) is 0 Å². The fourth-order valence-electron chi connectivity index (χ4n) is 3.77. The number of aryl methyl sites for hydroxylation is 1. The number of hydrogen-bond donors (Lipinski definition) is 1. The van der Waals surface area contributed by atoms with Crippen LogP contribution in [-0.4, -0.2) is 29.8 Å². The van der Waals surface area contributed by atoms with Crippen LogP contribution in [0.2, 0.25) is 0 Å². The van der Waals surface area contributed by atoms with Gasteiger partial charge in [0.2, 0.25) is 5.91 Å². The molecular formula is C25H26N2O3. The van der Waals surface area contributed by atoms with Gasteiger partial charge in [0.05, 0.1) is 11.3 Å². The van der Waals surface area contributed by atoms with E-state index < -0.39 is 0 Å². The number of rotatable bonds is 6. The normalized spacial score (nSPS) is 13.8. The minimum Gasteiger partial charge on any atom is -0.461 e. The Morgan fingerprint density at radius 1 is 0.867 bits per heavy atom. The average Bonchev–Trinajstić information content (AvgIpc) is 3.28. The predicted molar refractivity (Wildman–Crippen MR) is 117 cm³/mol. The lowest BCUT2D eigenvalue weighted by atomic mass is 10.1. The van der Waals surface area contributed by atoms with E-state index in [9.17, 15) is 9.59 Å². The zero-order valence-corrected chi connectivity index (χ0v) is 17.0. The first-order valence-electron chi connectivity index (χ1n) is 10.5. The molecule has 1 fully saturated rings. The Morgan fingerprint density at radius 3 is 2.40 bits per heavy atom. The van der Waals surface area contributed by atoms with Crippen LogP contribution < -0.4 is 5.32 Å². The summed E-state index contributed by atoms with van der Waals surface area (Å²) in [5.74, 6) is 1.42. The number of piperidine rings is 1. The van der Waals surface area contributed by atoms with Crippen molar-refractivity contribution in [2.24, 2.45) is 0 Å². The third-order valence-electron chi connectivity index (χ3n) is 5.39. The fraction of sp³-hybridized carbons (Fsp3) is 0.280. The number of nitrogens with one attached hydrogen (secondary N) is 1. The molecule has 0 atom stereocenters. The van der Waals surface area contributed by atoms with E-state index in [0.29, 0.717) is 17.7 Å². The molecule has 0 aliphatic carbocycles. The van der Waals surface area contributed by atoms with Gasteiger partial charge >= 0.3 is 0 Å². The molecule has 0 unspecified atom stereocenters. The highest BCUT2D eigenvalue weighted by atomic mass is 16.3. The number of carbonyl (C=O) groups excluding carboxylic acids is 2. The molecule has 2 aromatic carbocycles. The highest BCUT2D eigenvalue weighted by Crippen LogP contribution is 2.23. The summed E-state index contributed by atoms with van der Waals surface area (Å²) in [5, 5.41) is 2.91. The third-order valence-corrected chi connectivity index (χ3v) is 5.39. The molecule has 1 aliphatic heterocycles. The SMILES string of the molecule is O=C(CCc1ccc(-c2ccccc2)o1)Nc1ccccc1C(=O)N1CCCCC1. The van der Waals surface area contributed by atoms with E-state index in [2.05, 4.69) is 5.32 Å². The number of likely N-dealkylation sites (tertiary alicyclic amines) is 1. The number of anilines is 1. The Balaban J connectivity index is 1.37. The van der Waals surface area contributed by atoms with Crippen LogP contribution >= 0.6 is 0 Å². The molecule has 3 aromatic rings. The molecular weight excluding hydrogens is 376 g/mol. The van der Waals surface area contributed by atoms with Gasteiger partial charge in [-0.05, 0) is 43.5 Å². The maximum absolute atomic E-state index is 12.9. The highest BCUT2D eigenvalue weighted by Gasteiger charge is 2.21. The Labute approximate surface area is 176 Å². The van der Waals surface area contributed by atoms with Crippen molar-refractivity contribution in [1.82, 2.24) is 4.90 Å². The largest absolute Gasteiger partial charge is 0.461 e. The maximum Gasteiger partial charge on any atom is 0.255 e. The molecule has 0 spiro atoms. The van der Waals surface area contributed by atoms with Crippen molar-refractivity contribution in [3.05, 3.63) is 78.1 Å². The van der Waals surface area contributed by atoms with Gasteiger partial charge in [0, 0.05) is 31.5 Å². The Bertz CT molecular complexity index is 1000. The summed E-state index contributed by atoms with van der Waals surface area (Å²) < 4.78 is 5.87. The first-order valence-corrected chi connectivity index (χ1v) is 10.5. The molecule has 1 aromatic heterocycles. The van der Waals surface area contributed by atoms with Gasteiger partial charge < -0.3 is 14.6 Å². The summed E-state index contributed by atoms with van der Waals surface area (Å²) in [4.78, 5) is 27.3. The molecule has 30 heavy (non-hydrogen) atoms. The second-order valence-corrected chi connectivity index (χ2v) is 7.58. The van der Waals surface area contributed by atoms with Crippen LogP contribution in [-0.2, 0) is 11.2 Å². The van der Waals surface area contributed by atoms with Crippen molar-refractivity contribution in [3.8, 4) is 11.3 Å². The number of hydrogen-bond acceptors (Lipinski definition) is 3. The van der Waals surface area contributed by atoms with E-state index in [4.69, 9.17) is 4.42 Å². The van der Waals surface area contributed by atoms with Gasteiger partial charge in [-0.25, -0.2) is 0 Å². The van der Waals surface area contributed by atoms with Gasteiger partial charge in [-0.1, -0.05) is 42.5 Å². The van der Waals surface area contributed by atoms with Gasteiger partial charge in [-0.3, -0.25) is 9.59 Å². The van der Waals surface area contributed by atoms with Crippen molar-refractivity contribution in [2.75, 3.05) is 18.4 Å². The van der Waals surface area contributed by atoms with E-state index >= 15 is 0 Å². The van der Waals surface area contributed by atoms with E-state index in [1.165, 1.54) is 6.42 Å². The van der Waals surface area contributed by atoms with Crippen LogP contribution in [0, 0.1) is 0 Å². The first kappa shape index (κ1) is 20.0. The Morgan fingerprint density at radius 2 is 1.60 bits per heavy atom. The fourth-order valence-corrected chi connectivity index (χ4v) is 3.77. The lowest BCUT2D eigenvalue weighted by Crippen LogP contribution is -2.36. The summed E-state index contributed by atoms with van der Waals surface area (Å²) >= 11 is 0. The number of para-hydroxylation sites is 1. The van der Waals surface area contributed by atoms with Gasteiger partial charge in [0.1, 0.15) is 11.5 Å². The molecule has 5 nitrogen and oxygen atoms in total. The van der Waals surface area contributed by atoms with Gasteiger partial charge in [0.15, 0.2) is 0 Å². The van der Waals surface area contributed by atoms with Gasteiger partial charge in [-0.2, -0.15) is 0 Å². The van der Waals surface area contributed by atoms with Crippen LogP contribution in [0.5, 0.6) is 0 Å².